The van der Waals surface area contributed by atoms with Crippen molar-refractivity contribution in [1.82, 2.24) is 0 Å². The van der Waals surface area contributed by atoms with Crippen LogP contribution in [0.1, 0.15) is 87.0 Å². The molecule has 0 aliphatic rings. The molecule has 0 aliphatic heterocycles. The molecule has 3 heteroatoms. The van der Waals surface area contributed by atoms with Crippen LogP contribution in [-0.2, 0) is 31.3 Å². The van der Waals surface area contributed by atoms with Crippen LogP contribution in [0.15, 0.2) is 0 Å². The van der Waals surface area contributed by atoms with Gasteiger partial charge in [0.05, 0.1) is 0 Å². The van der Waals surface area contributed by atoms with Crippen LogP contribution in [0.3, 0.4) is 0 Å². The Morgan fingerprint density at radius 2 is 0.810 bits per heavy atom. The third-order valence-corrected chi connectivity index (χ3v) is 10.5. The molecule has 0 fully saturated rings. The quantitative estimate of drug-likeness (QED) is 0.462. The molecular formula is C18H39O2Zr. The standard InChI is InChI=1S/3C4H9.2C3H6O.Zr/c3*1-3-4-2;2*1-3(2)4;/h3*1,3-4H2,2H3;2*1-2H3;. The Hall–Kier alpha value is 0.223. The molecule has 2 nitrogen and oxygen atoms in total. The summed E-state index contributed by atoms with van der Waals surface area (Å²) in [6.45, 7) is 13.1. The van der Waals surface area contributed by atoms with Crippen molar-refractivity contribution in [2.24, 2.45) is 0 Å². The second-order valence-corrected chi connectivity index (χ2v) is 13.3. The normalized spacial score (nSPS) is 8.90. The Balaban J connectivity index is -0.000000334. The van der Waals surface area contributed by atoms with Crippen LogP contribution in [0, 0.1) is 0 Å². The molecule has 0 rings (SSSR count). The number of carbonyl (C=O) groups excluding carboxylic acids is 2. The predicted octanol–water partition coefficient (Wildman–Crippen LogP) is 6.45. The van der Waals surface area contributed by atoms with E-state index in [1.807, 2.05) is 0 Å². The van der Waals surface area contributed by atoms with Crippen molar-refractivity contribution in [2.45, 2.75) is 99.4 Å². The van der Waals surface area contributed by atoms with Gasteiger partial charge in [0.2, 0.25) is 0 Å². The van der Waals surface area contributed by atoms with Gasteiger partial charge in [-0.15, -0.1) is 0 Å². The zero-order chi connectivity index (χ0) is 17.1. The van der Waals surface area contributed by atoms with Crippen LogP contribution >= 0.6 is 0 Å². The first kappa shape index (κ1) is 26.1. The van der Waals surface area contributed by atoms with E-state index in [-0.39, 0.29) is 11.6 Å². The minimum atomic E-state index is -0.839. The summed E-state index contributed by atoms with van der Waals surface area (Å²) >= 11 is -0.839. The van der Waals surface area contributed by atoms with Crippen molar-refractivity contribution in [1.29, 1.82) is 0 Å². The summed E-state index contributed by atoms with van der Waals surface area (Å²) < 4.78 is 5.04. The summed E-state index contributed by atoms with van der Waals surface area (Å²) in [5.74, 6) is 0.333. The number of rotatable bonds is 9. The monoisotopic (exact) mass is 377 g/mol. The van der Waals surface area contributed by atoms with Crippen molar-refractivity contribution in [3.8, 4) is 0 Å². The zero-order valence-corrected chi connectivity index (χ0v) is 18.1. The van der Waals surface area contributed by atoms with E-state index in [4.69, 9.17) is 0 Å². The molecule has 0 N–H and O–H groups in total. The molecule has 0 saturated heterocycles. The van der Waals surface area contributed by atoms with Crippen molar-refractivity contribution < 1.29 is 31.3 Å². The number of hydrogen-bond acceptors (Lipinski definition) is 2. The Morgan fingerprint density at radius 1 is 0.619 bits per heavy atom. The zero-order valence-electron chi connectivity index (χ0n) is 15.7. The molecular weight excluding hydrogens is 339 g/mol. The van der Waals surface area contributed by atoms with Gasteiger partial charge < -0.3 is 9.59 Å². The number of unbranched alkanes of at least 4 members (excludes halogenated alkanes) is 3. The second-order valence-electron chi connectivity index (χ2n) is 5.88. The van der Waals surface area contributed by atoms with Gasteiger partial charge in [-0.25, -0.2) is 0 Å². The van der Waals surface area contributed by atoms with E-state index in [9.17, 15) is 9.59 Å². The molecule has 0 heterocycles. The molecule has 0 aromatic heterocycles. The van der Waals surface area contributed by atoms with Gasteiger partial charge in [-0.1, -0.05) is 0 Å². The molecule has 0 aromatic rings. The van der Waals surface area contributed by atoms with Crippen molar-refractivity contribution >= 4 is 11.6 Å². The van der Waals surface area contributed by atoms with Crippen LogP contribution in [0.25, 0.3) is 0 Å². The predicted molar refractivity (Wildman–Crippen MR) is 91.9 cm³/mol. The summed E-state index contributed by atoms with van der Waals surface area (Å²) in [4.78, 5) is 18.9. The summed E-state index contributed by atoms with van der Waals surface area (Å²) in [6, 6.07) is 0. The van der Waals surface area contributed by atoms with E-state index in [0.717, 1.165) is 0 Å². The molecule has 0 radical (unpaired) electrons. The van der Waals surface area contributed by atoms with Gasteiger partial charge in [0.15, 0.2) is 0 Å². The summed E-state index contributed by atoms with van der Waals surface area (Å²) in [5.41, 5.74) is 0. The SMILES string of the molecule is CC(C)=O.CC(C)=O.CCC[CH2][Zr]([CH2]CCC)[CH2]CCC. The minimum absolute atomic E-state index is 0.167. The number of Topliss-reactive ketones (excluding diaryl/α,β-unsaturated/α-hetero) is 2. The van der Waals surface area contributed by atoms with Gasteiger partial charge in [0, 0.05) is 0 Å². The van der Waals surface area contributed by atoms with Crippen LogP contribution in [0.2, 0.25) is 12.4 Å². The summed E-state index contributed by atoms with van der Waals surface area (Å²) in [5, 5.41) is 0. The third-order valence-electron chi connectivity index (χ3n) is 2.65. The average Bonchev–Trinajstić information content (AvgIpc) is 2.36. The first-order valence-corrected chi connectivity index (χ1v) is 13.8. The fourth-order valence-corrected chi connectivity index (χ4v) is 9.79. The summed E-state index contributed by atoms with van der Waals surface area (Å²) in [6.07, 6.45) is 8.85. The van der Waals surface area contributed by atoms with Gasteiger partial charge in [-0.3, -0.25) is 0 Å². The van der Waals surface area contributed by atoms with Crippen LogP contribution in [0.5, 0.6) is 0 Å². The molecule has 0 amide bonds. The Bertz CT molecular complexity index is 188. The number of hydrogen-bond donors (Lipinski definition) is 0. The van der Waals surface area contributed by atoms with Gasteiger partial charge >= 0.3 is 93.4 Å². The van der Waals surface area contributed by atoms with E-state index in [1.165, 1.54) is 66.2 Å². The number of ketones is 2. The molecule has 127 valence electrons. The molecule has 0 bridgehead atoms. The van der Waals surface area contributed by atoms with Gasteiger partial charge in [-0.05, 0) is 27.7 Å². The van der Waals surface area contributed by atoms with E-state index < -0.39 is 21.8 Å². The van der Waals surface area contributed by atoms with Gasteiger partial charge in [0.25, 0.3) is 0 Å². The fourth-order valence-electron chi connectivity index (χ4n) is 1.66. The molecule has 0 aliphatic carbocycles. The average molecular weight is 379 g/mol. The topological polar surface area (TPSA) is 34.1 Å². The fraction of sp³-hybridized carbons (Fsp3) is 0.889. The first-order chi connectivity index (χ1) is 9.81. The Labute approximate surface area is 142 Å². The Kier molecular flexibility index (Phi) is 28.0. The molecule has 0 aromatic carbocycles. The van der Waals surface area contributed by atoms with Crippen molar-refractivity contribution in [3.05, 3.63) is 0 Å². The van der Waals surface area contributed by atoms with Crippen LogP contribution in [0.4, 0.5) is 0 Å². The third kappa shape index (κ3) is 44.9. The second kappa shape index (κ2) is 22.5. The molecule has 0 spiro atoms. The number of carbonyl (C=O) groups is 2. The maximum absolute atomic E-state index is 9.44. The van der Waals surface area contributed by atoms with Crippen LogP contribution in [-0.4, -0.2) is 11.6 Å². The molecule has 21 heavy (non-hydrogen) atoms. The van der Waals surface area contributed by atoms with E-state index >= 15 is 0 Å². The van der Waals surface area contributed by atoms with E-state index in [2.05, 4.69) is 20.8 Å². The molecule has 0 saturated carbocycles. The first-order valence-electron chi connectivity index (χ1n) is 8.59. The van der Waals surface area contributed by atoms with E-state index in [0.29, 0.717) is 0 Å². The molecule has 0 unspecified atom stereocenters. The van der Waals surface area contributed by atoms with Gasteiger partial charge in [-0.2, -0.15) is 0 Å². The summed E-state index contributed by atoms with van der Waals surface area (Å²) in [7, 11) is 0. The van der Waals surface area contributed by atoms with Crippen LogP contribution < -0.4 is 0 Å². The van der Waals surface area contributed by atoms with E-state index in [1.54, 1.807) is 12.4 Å². The van der Waals surface area contributed by atoms with Crippen molar-refractivity contribution in [3.63, 3.8) is 0 Å². The van der Waals surface area contributed by atoms with Crippen molar-refractivity contribution in [2.75, 3.05) is 0 Å². The maximum atomic E-state index is 9.44. The molecule has 0 atom stereocenters. The Morgan fingerprint density at radius 3 is 0.952 bits per heavy atom. The van der Waals surface area contributed by atoms with Gasteiger partial charge in [0.1, 0.15) is 11.6 Å².